The normalized spacial score (nSPS) is 10.9. The van der Waals surface area contributed by atoms with Gasteiger partial charge in [-0.15, -0.1) is 10.2 Å². The van der Waals surface area contributed by atoms with Gasteiger partial charge in [0.2, 0.25) is 0 Å². The summed E-state index contributed by atoms with van der Waals surface area (Å²) in [6, 6.07) is 16.7. The molecule has 1 N–H and O–H groups in total. The maximum atomic E-state index is 12.5. The number of hydrogen-bond donors (Lipinski definition) is 1. The molecule has 0 radical (unpaired) electrons. The molecule has 4 aromatic rings. The van der Waals surface area contributed by atoms with E-state index in [1.54, 1.807) is 44.8 Å². The second-order valence-electron chi connectivity index (χ2n) is 7.50. The molecule has 0 aliphatic heterocycles. The molecule has 37 heavy (non-hydrogen) atoms. The molecule has 10 nitrogen and oxygen atoms in total. The first-order valence-electron chi connectivity index (χ1n) is 11.4. The second-order valence-corrected chi connectivity index (χ2v) is 8.44. The van der Waals surface area contributed by atoms with Crippen LogP contribution in [0.25, 0.3) is 17.1 Å². The van der Waals surface area contributed by atoms with E-state index in [1.165, 1.54) is 18.0 Å². The number of thioether (sulfide) groups is 1. The highest BCUT2D eigenvalue weighted by molar-refractivity contribution is 7.99. The summed E-state index contributed by atoms with van der Waals surface area (Å²) in [6.45, 7) is 2.52. The van der Waals surface area contributed by atoms with Gasteiger partial charge in [0, 0.05) is 29.2 Å². The Bertz CT molecular complexity index is 1360. The monoisotopic (exact) mass is 518 g/mol. The van der Waals surface area contributed by atoms with Crippen molar-refractivity contribution < 1.29 is 19.0 Å². The van der Waals surface area contributed by atoms with Gasteiger partial charge in [0.05, 0.1) is 32.8 Å². The first kappa shape index (κ1) is 25.7. The van der Waals surface area contributed by atoms with Crippen molar-refractivity contribution in [2.45, 2.75) is 12.1 Å². The van der Waals surface area contributed by atoms with Crippen molar-refractivity contribution in [1.82, 2.24) is 25.2 Å². The lowest BCUT2D eigenvalue weighted by Crippen LogP contribution is -2.20. The van der Waals surface area contributed by atoms with Crippen LogP contribution in [0.4, 0.5) is 0 Å². The maximum absolute atomic E-state index is 12.5. The van der Waals surface area contributed by atoms with E-state index in [0.29, 0.717) is 34.7 Å². The topological polar surface area (TPSA) is 113 Å². The number of hydrogen-bond acceptors (Lipinski definition) is 9. The Labute approximate surface area is 218 Å². The quantitative estimate of drug-likeness (QED) is 0.180. The van der Waals surface area contributed by atoms with Crippen molar-refractivity contribution in [1.29, 1.82) is 0 Å². The molecule has 0 spiro atoms. The zero-order chi connectivity index (χ0) is 26.0. The van der Waals surface area contributed by atoms with Crippen LogP contribution in [0.1, 0.15) is 12.5 Å². The number of benzene rings is 2. The predicted octanol–water partition coefficient (Wildman–Crippen LogP) is 3.99. The standard InChI is InChI=1S/C26H26N6O4S/c1-4-36-21-9-7-20(8-10-21)32-25(18-6-5-13-27-15-18)30-31-26(32)37-17-24(33)29-28-16-19-14-22(34-2)11-12-23(19)35-3/h5-16H,4,17H2,1-3H3,(H,29,33)/b28-16+. The van der Waals surface area contributed by atoms with Crippen LogP contribution in [0.15, 0.2) is 77.2 Å². The van der Waals surface area contributed by atoms with Gasteiger partial charge in [0.15, 0.2) is 11.0 Å². The molecule has 0 saturated carbocycles. The van der Waals surface area contributed by atoms with E-state index in [0.717, 1.165) is 17.0 Å². The van der Waals surface area contributed by atoms with Gasteiger partial charge in [-0.3, -0.25) is 14.3 Å². The van der Waals surface area contributed by atoms with Gasteiger partial charge in [-0.05, 0) is 61.5 Å². The van der Waals surface area contributed by atoms with Crippen LogP contribution in [0, 0.1) is 0 Å². The third-order valence-electron chi connectivity index (χ3n) is 5.12. The van der Waals surface area contributed by atoms with Crippen LogP contribution >= 0.6 is 11.8 Å². The maximum Gasteiger partial charge on any atom is 0.250 e. The lowest BCUT2D eigenvalue weighted by molar-refractivity contribution is -0.118. The number of methoxy groups -OCH3 is 2. The van der Waals surface area contributed by atoms with Crippen molar-refractivity contribution in [3.63, 3.8) is 0 Å². The van der Waals surface area contributed by atoms with Gasteiger partial charge in [-0.25, -0.2) is 5.43 Å². The van der Waals surface area contributed by atoms with E-state index in [2.05, 4.69) is 25.7 Å². The lowest BCUT2D eigenvalue weighted by Gasteiger charge is -2.11. The number of hydrazone groups is 1. The van der Waals surface area contributed by atoms with Crippen molar-refractivity contribution in [3.05, 3.63) is 72.6 Å². The van der Waals surface area contributed by atoms with E-state index in [-0.39, 0.29) is 11.7 Å². The fourth-order valence-electron chi connectivity index (χ4n) is 3.41. The predicted molar refractivity (Wildman–Crippen MR) is 142 cm³/mol. The van der Waals surface area contributed by atoms with Crippen LogP contribution in [0.2, 0.25) is 0 Å². The number of pyridine rings is 1. The van der Waals surface area contributed by atoms with Crippen LogP contribution in [-0.2, 0) is 4.79 Å². The smallest absolute Gasteiger partial charge is 0.250 e. The Morgan fingerprint density at radius 3 is 2.59 bits per heavy atom. The fraction of sp³-hybridized carbons (Fsp3) is 0.192. The number of ether oxygens (including phenoxy) is 3. The molecule has 0 aliphatic rings. The molecule has 11 heteroatoms. The summed E-state index contributed by atoms with van der Waals surface area (Å²) in [7, 11) is 3.14. The molecule has 2 heterocycles. The van der Waals surface area contributed by atoms with E-state index in [9.17, 15) is 4.79 Å². The number of nitrogens with one attached hydrogen (secondary N) is 1. The molecular weight excluding hydrogens is 492 g/mol. The SMILES string of the molecule is CCOc1ccc(-n2c(SCC(=O)N/N=C/c3cc(OC)ccc3OC)nnc2-c2cccnc2)cc1. The van der Waals surface area contributed by atoms with E-state index in [4.69, 9.17) is 14.2 Å². The molecule has 0 saturated heterocycles. The minimum Gasteiger partial charge on any atom is -0.497 e. The van der Waals surface area contributed by atoms with Crippen LogP contribution in [0.3, 0.4) is 0 Å². The average molecular weight is 519 g/mol. The number of nitrogens with zero attached hydrogens (tertiary/aromatic N) is 5. The minimum absolute atomic E-state index is 0.0782. The number of carbonyl (C=O) groups is 1. The summed E-state index contributed by atoms with van der Waals surface area (Å²) in [5.74, 6) is 2.42. The molecule has 0 aliphatic carbocycles. The third-order valence-corrected chi connectivity index (χ3v) is 6.05. The highest BCUT2D eigenvalue weighted by Crippen LogP contribution is 2.28. The van der Waals surface area contributed by atoms with Gasteiger partial charge in [0.1, 0.15) is 17.2 Å². The van der Waals surface area contributed by atoms with Gasteiger partial charge in [-0.2, -0.15) is 5.10 Å². The molecule has 190 valence electrons. The Hall–Kier alpha value is -4.38. The molecule has 0 fully saturated rings. The Morgan fingerprint density at radius 2 is 1.89 bits per heavy atom. The first-order valence-corrected chi connectivity index (χ1v) is 12.4. The molecule has 0 atom stereocenters. The summed E-state index contributed by atoms with van der Waals surface area (Å²) >= 11 is 1.25. The fourth-order valence-corrected chi connectivity index (χ4v) is 4.16. The molecule has 0 bridgehead atoms. The van der Waals surface area contributed by atoms with Crippen LogP contribution < -0.4 is 19.6 Å². The first-order chi connectivity index (χ1) is 18.1. The highest BCUT2D eigenvalue weighted by Gasteiger charge is 2.17. The third kappa shape index (κ3) is 6.44. The minimum atomic E-state index is -0.299. The number of amides is 1. The second kappa shape index (κ2) is 12.5. The number of aromatic nitrogens is 4. The van der Waals surface area contributed by atoms with E-state index in [1.807, 2.05) is 47.9 Å². The molecule has 1 amide bonds. The zero-order valence-corrected chi connectivity index (χ0v) is 21.4. The van der Waals surface area contributed by atoms with Crippen LogP contribution in [0.5, 0.6) is 17.2 Å². The average Bonchev–Trinajstić information content (AvgIpc) is 3.37. The largest absolute Gasteiger partial charge is 0.497 e. The van der Waals surface area contributed by atoms with Crippen molar-refractivity contribution in [3.8, 4) is 34.3 Å². The summed E-state index contributed by atoms with van der Waals surface area (Å²) in [4.78, 5) is 16.7. The molecule has 0 unspecified atom stereocenters. The molecular formula is C26H26N6O4S. The summed E-state index contributed by atoms with van der Waals surface area (Å²) < 4.78 is 18.0. The molecule has 2 aromatic heterocycles. The summed E-state index contributed by atoms with van der Waals surface area (Å²) in [5, 5.41) is 13.3. The van der Waals surface area contributed by atoms with Gasteiger partial charge < -0.3 is 14.2 Å². The Kier molecular flexibility index (Phi) is 8.71. The van der Waals surface area contributed by atoms with Crippen molar-refractivity contribution in [2.75, 3.05) is 26.6 Å². The summed E-state index contributed by atoms with van der Waals surface area (Å²) in [5.41, 5.74) is 4.85. The Morgan fingerprint density at radius 1 is 1.08 bits per heavy atom. The highest BCUT2D eigenvalue weighted by atomic mass is 32.2. The number of rotatable bonds is 11. The van der Waals surface area contributed by atoms with E-state index < -0.39 is 0 Å². The molecule has 4 rings (SSSR count). The van der Waals surface area contributed by atoms with Gasteiger partial charge in [0.25, 0.3) is 5.91 Å². The zero-order valence-electron chi connectivity index (χ0n) is 20.6. The van der Waals surface area contributed by atoms with Gasteiger partial charge in [-0.1, -0.05) is 11.8 Å². The number of carbonyl (C=O) groups excluding carboxylic acids is 1. The lowest BCUT2D eigenvalue weighted by atomic mass is 10.2. The van der Waals surface area contributed by atoms with Gasteiger partial charge >= 0.3 is 0 Å². The Balaban J connectivity index is 1.50. The van der Waals surface area contributed by atoms with E-state index >= 15 is 0 Å². The van der Waals surface area contributed by atoms with Crippen LogP contribution in [-0.4, -0.2) is 58.4 Å². The summed E-state index contributed by atoms with van der Waals surface area (Å²) in [6.07, 6.45) is 4.92. The molecule has 2 aromatic carbocycles. The van der Waals surface area contributed by atoms with Crippen molar-refractivity contribution >= 4 is 23.9 Å². The van der Waals surface area contributed by atoms with Crippen molar-refractivity contribution in [2.24, 2.45) is 5.10 Å².